The van der Waals surface area contributed by atoms with Crippen LogP contribution in [-0.4, -0.2) is 18.4 Å². The Balaban J connectivity index is 1.64. The van der Waals surface area contributed by atoms with Crippen molar-refractivity contribution in [1.29, 1.82) is 0 Å². The van der Waals surface area contributed by atoms with E-state index in [9.17, 15) is 8.78 Å². The zero-order valence-corrected chi connectivity index (χ0v) is 17.2. The van der Waals surface area contributed by atoms with Crippen molar-refractivity contribution in [2.45, 2.75) is 19.0 Å². The van der Waals surface area contributed by atoms with Crippen LogP contribution >= 0.6 is 23.2 Å². The highest BCUT2D eigenvalue weighted by atomic mass is 35.5. The molecule has 2 unspecified atom stereocenters. The molecule has 156 valence electrons. The summed E-state index contributed by atoms with van der Waals surface area (Å²) in [5.41, 5.74) is 6.10. The maximum Gasteiger partial charge on any atom is 0.191 e. The number of aromatic nitrogens is 1. The summed E-state index contributed by atoms with van der Waals surface area (Å²) in [4.78, 5) is 4.21. The van der Waals surface area contributed by atoms with E-state index in [2.05, 4.69) is 4.98 Å². The van der Waals surface area contributed by atoms with Crippen molar-refractivity contribution in [1.82, 2.24) is 4.98 Å². The van der Waals surface area contributed by atoms with Gasteiger partial charge in [0, 0.05) is 5.56 Å². The second kappa shape index (κ2) is 8.35. The average Bonchev–Trinajstić information content (AvgIpc) is 3.52. The molecule has 0 radical (unpaired) electrons. The van der Waals surface area contributed by atoms with Crippen LogP contribution in [0.5, 0.6) is 5.75 Å². The molecular weight excluding hydrogens is 437 g/mol. The first-order valence-electron chi connectivity index (χ1n) is 8.90. The van der Waals surface area contributed by atoms with E-state index in [4.69, 9.17) is 43.1 Å². The van der Waals surface area contributed by atoms with Gasteiger partial charge in [-0.1, -0.05) is 53.5 Å². The largest absolute Gasteiger partial charge is 0.492 e. The summed E-state index contributed by atoms with van der Waals surface area (Å²) in [7, 11) is 1.26. The smallest absolute Gasteiger partial charge is 0.191 e. The average molecular weight is 453 g/mol. The second-order valence-electron chi connectivity index (χ2n) is 6.55. The molecule has 4 rings (SSSR count). The number of pyridine rings is 1. The summed E-state index contributed by atoms with van der Waals surface area (Å²) >= 11 is 12.1. The van der Waals surface area contributed by atoms with Crippen LogP contribution in [-0.2, 0) is 16.1 Å². The summed E-state index contributed by atoms with van der Waals surface area (Å²) < 4.78 is 45.8. The van der Waals surface area contributed by atoms with Gasteiger partial charge in [0.05, 0.1) is 35.1 Å². The van der Waals surface area contributed by atoms with Crippen molar-refractivity contribution >= 4 is 28.9 Å². The van der Waals surface area contributed by atoms with Gasteiger partial charge in [-0.3, -0.25) is 0 Å². The lowest BCUT2D eigenvalue weighted by atomic mass is 10.1. The minimum absolute atomic E-state index is 0.0428. The standard InChI is InChI=1S/C21H16Cl2F2N2O3/c1-28-19-12(22)8-7-11(14(19)24)17-15(25)16(26)13(23)18(27-17)20-21(30-20)29-9-10-5-3-2-4-6-10/h2-8,20-21H,9H2,1H3,(H2,26,27). The molecular formula is C21H16Cl2F2N2O3. The summed E-state index contributed by atoms with van der Waals surface area (Å²) in [5, 5.41) is -0.0605. The number of methoxy groups -OCH3 is 1. The fourth-order valence-electron chi connectivity index (χ4n) is 3.02. The Hall–Kier alpha value is -2.45. The molecule has 5 nitrogen and oxygen atoms in total. The SMILES string of the molecule is COc1c(Cl)ccc(-c2nc(C3OC3OCc3ccccc3)c(Cl)c(N)c2F)c1F. The van der Waals surface area contributed by atoms with Crippen molar-refractivity contribution in [3.8, 4) is 17.0 Å². The second-order valence-corrected chi connectivity index (χ2v) is 7.34. The predicted octanol–water partition coefficient (Wildman–Crippen LogP) is 5.54. The van der Waals surface area contributed by atoms with Crippen molar-refractivity contribution in [2.75, 3.05) is 12.8 Å². The molecule has 0 saturated carbocycles. The number of nitrogen functional groups attached to an aromatic ring is 1. The third-order valence-electron chi connectivity index (χ3n) is 4.62. The molecule has 1 aliphatic rings. The maximum absolute atomic E-state index is 14.8. The molecule has 30 heavy (non-hydrogen) atoms. The number of epoxide rings is 1. The maximum atomic E-state index is 14.8. The summed E-state index contributed by atoms with van der Waals surface area (Å²) in [6, 6.07) is 12.2. The Bertz CT molecular complexity index is 1100. The molecule has 1 fully saturated rings. The first-order chi connectivity index (χ1) is 14.4. The summed E-state index contributed by atoms with van der Waals surface area (Å²) in [6.45, 7) is 0.312. The van der Waals surface area contributed by atoms with Crippen LogP contribution in [0.3, 0.4) is 0 Å². The van der Waals surface area contributed by atoms with Crippen molar-refractivity contribution in [3.63, 3.8) is 0 Å². The molecule has 0 amide bonds. The number of hydrogen-bond acceptors (Lipinski definition) is 5. The van der Waals surface area contributed by atoms with Crippen LogP contribution in [0.1, 0.15) is 17.4 Å². The van der Waals surface area contributed by atoms with E-state index in [1.807, 2.05) is 30.3 Å². The van der Waals surface area contributed by atoms with Gasteiger partial charge in [-0.15, -0.1) is 0 Å². The molecule has 1 aromatic heterocycles. The Labute approximate surface area is 181 Å². The quantitative estimate of drug-likeness (QED) is 0.497. The topological polar surface area (TPSA) is 69.9 Å². The first kappa shape index (κ1) is 20.8. The highest BCUT2D eigenvalue weighted by molar-refractivity contribution is 6.34. The van der Waals surface area contributed by atoms with Gasteiger partial charge in [-0.05, 0) is 17.7 Å². The number of ether oxygens (including phenoxy) is 3. The Kier molecular flexibility index (Phi) is 5.79. The first-order valence-corrected chi connectivity index (χ1v) is 9.65. The van der Waals surface area contributed by atoms with E-state index < -0.39 is 24.0 Å². The molecule has 2 atom stereocenters. The molecule has 2 aromatic carbocycles. The van der Waals surface area contributed by atoms with Crippen molar-refractivity contribution < 1.29 is 23.0 Å². The third kappa shape index (κ3) is 3.81. The normalized spacial score (nSPS) is 17.8. The van der Waals surface area contributed by atoms with Crippen molar-refractivity contribution in [2.24, 2.45) is 0 Å². The Morgan fingerprint density at radius 3 is 2.53 bits per heavy atom. The lowest BCUT2D eigenvalue weighted by Crippen LogP contribution is -2.06. The molecule has 0 bridgehead atoms. The van der Waals surface area contributed by atoms with Crippen LogP contribution in [0.25, 0.3) is 11.3 Å². The Morgan fingerprint density at radius 1 is 1.10 bits per heavy atom. The number of halogens is 4. The van der Waals surface area contributed by atoms with Gasteiger partial charge in [-0.25, -0.2) is 13.8 Å². The number of benzene rings is 2. The number of hydrogen-bond donors (Lipinski definition) is 1. The minimum Gasteiger partial charge on any atom is -0.492 e. The van der Waals surface area contributed by atoms with Crippen molar-refractivity contribution in [3.05, 3.63) is 75.4 Å². The molecule has 9 heteroatoms. The zero-order valence-electron chi connectivity index (χ0n) is 15.7. The van der Waals surface area contributed by atoms with E-state index in [1.54, 1.807) is 0 Å². The third-order valence-corrected chi connectivity index (χ3v) is 5.32. The van der Waals surface area contributed by atoms with Crippen LogP contribution in [0.15, 0.2) is 42.5 Å². The Morgan fingerprint density at radius 2 is 1.83 bits per heavy atom. The van der Waals surface area contributed by atoms with Crippen LogP contribution in [0.4, 0.5) is 14.5 Å². The van der Waals surface area contributed by atoms with E-state index in [0.717, 1.165) is 5.56 Å². The van der Waals surface area contributed by atoms with Crippen LogP contribution in [0, 0.1) is 11.6 Å². The zero-order chi connectivity index (χ0) is 21.4. The van der Waals surface area contributed by atoms with Crippen LogP contribution in [0.2, 0.25) is 10.0 Å². The molecule has 2 N–H and O–H groups in total. The highest BCUT2D eigenvalue weighted by Crippen LogP contribution is 2.46. The summed E-state index contributed by atoms with van der Waals surface area (Å²) in [6.07, 6.45) is -1.28. The predicted molar refractivity (Wildman–Crippen MR) is 109 cm³/mol. The fraction of sp³-hybridized carbons (Fsp3) is 0.190. The monoisotopic (exact) mass is 452 g/mol. The molecule has 3 aromatic rings. The molecule has 1 saturated heterocycles. The van der Waals surface area contributed by atoms with E-state index in [0.29, 0.717) is 6.61 Å². The van der Waals surface area contributed by atoms with Gasteiger partial charge in [0.25, 0.3) is 0 Å². The van der Waals surface area contributed by atoms with E-state index in [-0.39, 0.29) is 38.4 Å². The lowest BCUT2D eigenvalue weighted by molar-refractivity contribution is 0.0385. The van der Waals surface area contributed by atoms with Gasteiger partial charge < -0.3 is 19.9 Å². The minimum atomic E-state index is -0.950. The van der Waals surface area contributed by atoms with Gasteiger partial charge in [-0.2, -0.15) is 0 Å². The number of nitrogens with two attached hydrogens (primary N) is 1. The summed E-state index contributed by atoms with van der Waals surface area (Å²) in [5.74, 6) is -2.04. The number of nitrogens with zero attached hydrogens (tertiary/aromatic N) is 1. The molecule has 0 aliphatic carbocycles. The molecule has 2 heterocycles. The van der Waals surface area contributed by atoms with Gasteiger partial charge in [0.15, 0.2) is 29.8 Å². The molecule has 1 aliphatic heterocycles. The highest BCUT2D eigenvalue weighted by Gasteiger charge is 2.45. The number of rotatable bonds is 6. The number of anilines is 1. The molecule has 0 spiro atoms. The van der Waals surface area contributed by atoms with E-state index >= 15 is 0 Å². The van der Waals surface area contributed by atoms with Gasteiger partial charge >= 0.3 is 0 Å². The lowest BCUT2D eigenvalue weighted by Gasteiger charge is -2.13. The van der Waals surface area contributed by atoms with E-state index in [1.165, 1.54) is 19.2 Å². The van der Waals surface area contributed by atoms with Crippen LogP contribution < -0.4 is 10.5 Å². The fourth-order valence-corrected chi connectivity index (χ4v) is 3.48. The van der Waals surface area contributed by atoms with Gasteiger partial charge in [0.1, 0.15) is 5.69 Å². The van der Waals surface area contributed by atoms with Gasteiger partial charge in [0.2, 0.25) is 0 Å².